The van der Waals surface area contributed by atoms with Gasteiger partial charge >= 0.3 is 0 Å². The first-order valence-corrected chi connectivity index (χ1v) is 14.7. The van der Waals surface area contributed by atoms with Gasteiger partial charge < -0.3 is 14.8 Å². The molecule has 4 fully saturated rings. The minimum atomic E-state index is 0.154. The zero-order valence-corrected chi connectivity index (χ0v) is 22.6. The molecule has 3 aromatic rings. The van der Waals surface area contributed by atoms with Gasteiger partial charge in [-0.05, 0) is 81.3 Å². The van der Waals surface area contributed by atoms with Crippen LogP contribution in [0.15, 0.2) is 30.7 Å². The van der Waals surface area contributed by atoms with Crippen molar-refractivity contribution in [2.24, 2.45) is 5.92 Å². The lowest BCUT2D eigenvalue weighted by molar-refractivity contribution is 0.220. The molecule has 4 aliphatic rings. The van der Waals surface area contributed by atoms with E-state index in [-0.39, 0.29) is 6.04 Å². The van der Waals surface area contributed by atoms with Gasteiger partial charge in [0.25, 0.3) is 0 Å². The monoisotopic (exact) mass is 515 g/mol. The third-order valence-corrected chi connectivity index (χ3v) is 9.42. The molecule has 1 saturated carbocycles. The van der Waals surface area contributed by atoms with E-state index in [1.54, 1.807) is 0 Å². The maximum atomic E-state index is 5.01. The zero-order valence-electron chi connectivity index (χ0n) is 22.6. The topological polar surface area (TPSA) is 88.2 Å². The van der Waals surface area contributed by atoms with Gasteiger partial charge in [-0.15, -0.1) is 0 Å². The number of hydrogen-bond acceptors (Lipinski definition) is 8. The van der Waals surface area contributed by atoms with E-state index in [0.29, 0.717) is 17.9 Å². The Bertz CT molecular complexity index is 1240. The molecule has 0 spiro atoms. The summed E-state index contributed by atoms with van der Waals surface area (Å²) in [5, 5.41) is 0. The molecular weight excluding hydrogens is 474 g/mol. The normalized spacial score (nSPS) is 29.1. The van der Waals surface area contributed by atoms with Crippen molar-refractivity contribution in [3.63, 3.8) is 0 Å². The van der Waals surface area contributed by atoms with Crippen LogP contribution in [-0.4, -0.2) is 82.1 Å². The minimum Gasteiger partial charge on any atom is -0.367 e. The average molecular weight is 516 g/mol. The number of likely N-dealkylation sites (N-methyl/N-ethyl adjacent to an activating group) is 1. The van der Waals surface area contributed by atoms with Crippen molar-refractivity contribution in [3.8, 4) is 0 Å². The number of imidazole rings is 1. The fourth-order valence-corrected chi connectivity index (χ4v) is 7.20. The predicted molar refractivity (Wildman–Crippen MR) is 150 cm³/mol. The van der Waals surface area contributed by atoms with Gasteiger partial charge in [0.05, 0.1) is 11.7 Å². The van der Waals surface area contributed by atoms with Crippen LogP contribution in [-0.2, 0) is 6.54 Å². The molecule has 3 saturated heterocycles. The van der Waals surface area contributed by atoms with E-state index in [1.807, 2.05) is 6.20 Å². The van der Waals surface area contributed by atoms with Crippen LogP contribution in [0.2, 0.25) is 0 Å². The number of hydrazine groups is 1. The summed E-state index contributed by atoms with van der Waals surface area (Å²) in [4.78, 5) is 25.5. The first-order valence-electron chi connectivity index (χ1n) is 14.7. The lowest BCUT2D eigenvalue weighted by Gasteiger charge is -2.34. The van der Waals surface area contributed by atoms with Crippen molar-refractivity contribution in [2.45, 2.75) is 63.1 Å². The second-order valence-electron chi connectivity index (χ2n) is 12.0. The Morgan fingerprint density at radius 1 is 0.974 bits per heavy atom. The number of hydrogen-bond donors (Lipinski definition) is 3. The second-order valence-corrected chi connectivity index (χ2v) is 12.0. The molecule has 0 radical (unpaired) electrons. The van der Waals surface area contributed by atoms with E-state index < -0.39 is 0 Å². The number of aromatic nitrogens is 4. The second kappa shape index (κ2) is 10.5. The van der Waals surface area contributed by atoms with Crippen LogP contribution in [0.1, 0.15) is 67.4 Å². The third kappa shape index (κ3) is 4.81. The maximum Gasteiger partial charge on any atom is 0.179 e. The lowest BCUT2D eigenvalue weighted by atomic mass is 9.73. The van der Waals surface area contributed by atoms with E-state index in [1.165, 1.54) is 62.0 Å². The Morgan fingerprint density at radius 2 is 1.84 bits per heavy atom. The van der Waals surface area contributed by atoms with E-state index >= 15 is 0 Å². The minimum absolute atomic E-state index is 0.154. The van der Waals surface area contributed by atoms with Crippen LogP contribution in [0.3, 0.4) is 0 Å². The number of aromatic amines is 1. The number of pyridine rings is 2. The number of fused-ring (bicyclic) bond motifs is 2. The van der Waals surface area contributed by atoms with Crippen LogP contribution in [0.4, 0.5) is 5.69 Å². The highest BCUT2D eigenvalue weighted by atomic mass is 15.4. The highest BCUT2D eigenvalue weighted by Crippen LogP contribution is 2.44. The van der Waals surface area contributed by atoms with Gasteiger partial charge in [0.15, 0.2) is 5.65 Å². The molecule has 9 nitrogen and oxygen atoms in total. The fraction of sp³-hybridized carbons (Fsp3) is 0.621. The molecular formula is C29H41N9. The van der Waals surface area contributed by atoms with Gasteiger partial charge in [-0.25, -0.2) is 15.4 Å². The first-order chi connectivity index (χ1) is 18.7. The molecule has 0 aromatic carbocycles. The average Bonchev–Trinajstić information content (AvgIpc) is 3.58. The number of nitrogens with one attached hydrogen (secondary N) is 3. The van der Waals surface area contributed by atoms with Crippen molar-refractivity contribution in [3.05, 3.63) is 47.7 Å². The third-order valence-electron chi connectivity index (χ3n) is 9.42. The largest absolute Gasteiger partial charge is 0.367 e. The molecule has 1 aliphatic carbocycles. The molecule has 9 heteroatoms. The zero-order chi connectivity index (χ0) is 25.5. The number of H-pyrrole nitrogens is 1. The van der Waals surface area contributed by atoms with Gasteiger partial charge in [0.2, 0.25) is 0 Å². The van der Waals surface area contributed by atoms with Crippen molar-refractivity contribution < 1.29 is 0 Å². The molecule has 7 rings (SSSR count). The Kier molecular flexibility index (Phi) is 6.77. The van der Waals surface area contributed by atoms with Crippen LogP contribution < -0.4 is 15.8 Å². The Balaban J connectivity index is 1.09. The van der Waals surface area contributed by atoms with Crippen LogP contribution in [0, 0.1) is 5.92 Å². The quantitative estimate of drug-likeness (QED) is 0.478. The van der Waals surface area contributed by atoms with Crippen molar-refractivity contribution in [1.82, 2.24) is 40.6 Å². The predicted octanol–water partition coefficient (Wildman–Crippen LogP) is 3.19. The maximum absolute atomic E-state index is 5.01. The smallest absolute Gasteiger partial charge is 0.179 e. The Labute approximate surface area is 225 Å². The highest BCUT2D eigenvalue weighted by molar-refractivity contribution is 5.86. The SMILES string of the molecule is CN1CCN(c2ccnc3nc(C4NNC5CCC(c6cncc(CN7CCCCC7)c6)CC54)[nH]c23)CC1. The molecule has 3 aromatic heterocycles. The molecule has 4 atom stereocenters. The number of nitrogens with zero attached hydrogens (tertiary/aromatic N) is 6. The van der Waals surface area contributed by atoms with E-state index in [0.717, 1.165) is 56.1 Å². The van der Waals surface area contributed by atoms with Gasteiger partial charge in [-0.2, -0.15) is 0 Å². The number of likely N-dealkylation sites (tertiary alicyclic amines) is 1. The summed E-state index contributed by atoms with van der Waals surface area (Å²) >= 11 is 0. The Hall–Kier alpha value is -2.59. The summed E-state index contributed by atoms with van der Waals surface area (Å²) in [5.41, 5.74) is 13.1. The van der Waals surface area contributed by atoms with Crippen molar-refractivity contribution in [2.75, 3.05) is 51.2 Å². The van der Waals surface area contributed by atoms with Gasteiger partial charge in [0, 0.05) is 57.4 Å². The summed E-state index contributed by atoms with van der Waals surface area (Å²) in [6.45, 7) is 7.71. The van der Waals surface area contributed by atoms with Crippen molar-refractivity contribution in [1.29, 1.82) is 0 Å². The number of anilines is 1. The molecule has 6 heterocycles. The fourth-order valence-electron chi connectivity index (χ4n) is 7.20. The van der Waals surface area contributed by atoms with E-state index in [4.69, 9.17) is 4.98 Å². The summed E-state index contributed by atoms with van der Waals surface area (Å²) < 4.78 is 0. The highest BCUT2D eigenvalue weighted by Gasteiger charge is 2.43. The lowest BCUT2D eigenvalue weighted by Crippen LogP contribution is -2.44. The van der Waals surface area contributed by atoms with Gasteiger partial charge in [-0.3, -0.25) is 15.3 Å². The number of piperidine rings is 1. The number of piperazine rings is 1. The van der Waals surface area contributed by atoms with Crippen LogP contribution >= 0.6 is 0 Å². The molecule has 0 bridgehead atoms. The van der Waals surface area contributed by atoms with Gasteiger partial charge in [-0.1, -0.05) is 12.5 Å². The molecule has 38 heavy (non-hydrogen) atoms. The molecule has 4 unspecified atom stereocenters. The molecule has 0 amide bonds. The van der Waals surface area contributed by atoms with E-state index in [2.05, 4.69) is 72.1 Å². The van der Waals surface area contributed by atoms with Gasteiger partial charge in [0.1, 0.15) is 11.3 Å². The summed E-state index contributed by atoms with van der Waals surface area (Å²) in [7, 11) is 2.20. The van der Waals surface area contributed by atoms with E-state index in [9.17, 15) is 0 Å². The van der Waals surface area contributed by atoms with Crippen molar-refractivity contribution >= 4 is 16.9 Å². The molecule has 3 aliphatic heterocycles. The summed E-state index contributed by atoms with van der Waals surface area (Å²) in [5.74, 6) is 2.02. The van der Waals surface area contributed by atoms with Crippen LogP contribution in [0.5, 0.6) is 0 Å². The summed E-state index contributed by atoms with van der Waals surface area (Å²) in [6, 6.07) is 5.20. The molecule has 3 N–H and O–H groups in total. The number of rotatable bonds is 5. The Morgan fingerprint density at radius 3 is 2.71 bits per heavy atom. The summed E-state index contributed by atoms with van der Waals surface area (Å²) in [6.07, 6.45) is 13.6. The van der Waals surface area contributed by atoms with Crippen LogP contribution in [0.25, 0.3) is 11.2 Å². The molecule has 202 valence electrons. The first kappa shape index (κ1) is 24.5. The standard InChI is InChI=1S/C29H41N9/c1-36-11-13-38(14-12-36)25-7-8-31-28-27(25)32-29(33-28)26-23-16-21(5-6-24(23)34-35-26)22-15-20(17-30-18-22)19-37-9-3-2-4-10-37/h7-8,15,17-18,21,23-24,26,34-35H,2-6,9-14,16,19H2,1H3,(H,31,32,33).